The van der Waals surface area contributed by atoms with Gasteiger partial charge in [0.05, 0.1) is 11.9 Å². The minimum atomic E-state index is -0.292. The van der Waals surface area contributed by atoms with Crippen LogP contribution in [0.1, 0.15) is 42.6 Å². The van der Waals surface area contributed by atoms with Gasteiger partial charge in [0.15, 0.2) is 5.43 Å². The highest BCUT2D eigenvalue weighted by Crippen LogP contribution is 2.34. The Hall–Kier alpha value is -3.18. The van der Waals surface area contributed by atoms with Crippen molar-refractivity contribution in [2.75, 3.05) is 19.6 Å². The van der Waals surface area contributed by atoms with Crippen molar-refractivity contribution >= 4 is 28.6 Å². The summed E-state index contributed by atoms with van der Waals surface area (Å²) in [6, 6.07) is 15.1. The van der Waals surface area contributed by atoms with E-state index >= 15 is 0 Å². The lowest BCUT2D eigenvalue weighted by atomic mass is 10.1. The molecular weight excluding hydrogens is 390 g/mol. The first-order valence-electron chi connectivity index (χ1n) is 11.0. The molecule has 1 aromatic heterocycles. The second-order valence-corrected chi connectivity index (χ2v) is 8.29. The van der Waals surface area contributed by atoms with Gasteiger partial charge < -0.3 is 9.15 Å². The number of hydrogen-bond acceptors (Lipinski definition) is 5. The number of likely N-dealkylation sites (tertiary alicyclic amines) is 1. The molecule has 5 rings (SSSR count). The minimum Gasteiger partial charge on any atom is -0.456 e. The zero-order valence-electron chi connectivity index (χ0n) is 17.4. The molecule has 2 aromatic carbocycles. The lowest BCUT2D eigenvalue weighted by Crippen LogP contribution is -2.36. The van der Waals surface area contributed by atoms with Gasteiger partial charge in [-0.25, -0.2) is 0 Å². The van der Waals surface area contributed by atoms with E-state index in [1.54, 1.807) is 18.2 Å². The SMILES string of the molecule is O=C(CN1CCCCC1)Oc1ccc2oc3c(c(=O)c2c1)CC/C3=C\c1ccccc1. The summed E-state index contributed by atoms with van der Waals surface area (Å²) >= 11 is 0. The predicted molar refractivity (Wildman–Crippen MR) is 121 cm³/mol. The number of rotatable bonds is 4. The van der Waals surface area contributed by atoms with E-state index in [4.69, 9.17) is 9.15 Å². The lowest BCUT2D eigenvalue weighted by Gasteiger charge is -2.25. The van der Waals surface area contributed by atoms with Crippen molar-refractivity contribution in [3.8, 4) is 5.75 Å². The van der Waals surface area contributed by atoms with Crippen LogP contribution in [0.3, 0.4) is 0 Å². The summed E-state index contributed by atoms with van der Waals surface area (Å²) < 4.78 is 11.7. The molecule has 2 aliphatic rings. The van der Waals surface area contributed by atoms with Crippen LogP contribution in [0.15, 0.2) is 57.7 Å². The average molecular weight is 415 g/mol. The summed E-state index contributed by atoms with van der Waals surface area (Å²) in [6.45, 7) is 2.15. The second kappa shape index (κ2) is 8.52. The van der Waals surface area contributed by atoms with Crippen molar-refractivity contribution in [2.45, 2.75) is 32.1 Å². The number of ether oxygens (including phenoxy) is 1. The summed E-state index contributed by atoms with van der Waals surface area (Å²) in [5, 5.41) is 0.461. The van der Waals surface area contributed by atoms with Crippen LogP contribution >= 0.6 is 0 Å². The maximum absolute atomic E-state index is 13.1. The molecule has 1 fully saturated rings. The number of carbonyl (C=O) groups is 1. The number of fused-ring (bicyclic) bond motifs is 2. The van der Waals surface area contributed by atoms with Crippen LogP contribution in [-0.2, 0) is 11.2 Å². The first-order valence-corrected chi connectivity index (χ1v) is 11.0. The van der Waals surface area contributed by atoms with Crippen LogP contribution in [-0.4, -0.2) is 30.5 Å². The molecule has 0 saturated carbocycles. The Bertz CT molecular complexity index is 1200. The van der Waals surface area contributed by atoms with Crippen LogP contribution < -0.4 is 10.2 Å². The fourth-order valence-electron chi connectivity index (χ4n) is 4.49. The molecule has 1 aliphatic heterocycles. The molecular formula is C26H25NO4. The zero-order chi connectivity index (χ0) is 21.2. The van der Waals surface area contributed by atoms with Crippen molar-refractivity contribution in [1.82, 2.24) is 4.90 Å². The smallest absolute Gasteiger partial charge is 0.325 e. The Labute approximate surface area is 180 Å². The monoisotopic (exact) mass is 415 g/mol. The standard InChI is InChI=1S/C26H25NO4/c28-24(17-27-13-5-2-6-14-27)30-20-10-12-23-22(16-20)25(29)21-11-9-19(26(21)31-23)15-18-7-3-1-4-8-18/h1,3-4,7-8,10,12,15-16H,2,5-6,9,11,13-14,17H2/b19-15+. The van der Waals surface area contributed by atoms with E-state index in [0.717, 1.165) is 43.5 Å². The number of benzene rings is 2. The van der Waals surface area contributed by atoms with Crippen molar-refractivity contribution in [3.05, 3.63) is 75.6 Å². The Kier molecular flexibility index (Phi) is 5.43. The highest BCUT2D eigenvalue weighted by Gasteiger charge is 2.24. The molecule has 2 heterocycles. The van der Waals surface area contributed by atoms with E-state index in [0.29, 0.717) is 34.5 Å². The third-order valence-electron chi connectivity index (χ3n) is 6.07. The van der Waals surface area contributed by atoms with Crippen molar-refractivity contribution in [3.63, 3.8) is 0 Å². The fraction of sp³-hybridized carbons (Fsp3) is 0.308. The molecule has 0 bridgehead atoms. The van der Waals surface area contributed by atoms with E-state index in [2.05, 4.69) is 11.0 Å². The predicted octanol–water partition coefficient (Wildman–Crippen LogP) is 4.67. The molecule has 1 saturated heterocycles. The second-order valence-electron chi connectivity index (χ2n) is 8.29. The number of allylic oxidation sites excluding steroid dienone is 1. The normalized spacial score (nSPS) is 17.7. The Morgan fingerprint density at radius 2 is 1.84 bits per heavy atom. The van der Waals surface area contributed by atoms with Crippen molar-refractivity contribution < 1.29 is 13.9 Å². The first kappa shape index (κ1) is 19.8. The molecule has 5 heteroatoms. The highest BCUT2D eigenvalue weighted by molar-refractivity contribution is 5.87. The summed E-state index contributed by atoms with van der Waals surface area (Å²) in [7, 11) is 0. The third kappa shape index (κ3) is 4.19. The average Bonchev–Trinajstić information content (AvgIpc) is 3.18. The molecule has 5 nitrogen and oxygen atoms in total. The molecule has 0 spiro atoms. The van der Waals surface area contributed by atoms with Gasteiger partial charge in [-0.2, -0.15) is 0 Å². The minimum absolute atomic E-state index is 0.0401. The molecule has 0 radical (unpaired) electrons. The van der Waals surface area contributed by atoms with Gasteiger partial charge in [-0.1, -0.05) is 36.8 Å². The number of hydrogen-bond donors (Lipinski definition) is 0. The van der Waals surface area contributed by atoms with E-state index in [-0.39, 0.29) is 17.9 Å². The maximum Gasteiger partial charge on any atom is 0.325 e. The summed E-state index contributed by atoms with van der Waals surface area (Å²) in [6.07, 6.45) is 6.98. The van der Waals surface area contributed by atoms with Crippen LogP contribution in [0, 0.1) is 0 Å². The molecule has 0 atom stereocenters. The van der Waals surface area contributed by atoms with Gasteiger partial charge >= 0.3 is 5.97 Å². The quantitative estimate of drug-likeness (QED) is 0.458. The Balaban J connectivity index is 1.41. The Morgan fingerprint density at radius 1 is 1.03 bits per heavy atom. The Morgan fingerprint density at radius 3 is 2.65 bits per heavy atom. The van der Waals surface area contributed by atoms with E-state index in [9.17, 15) is 9.59 Å². The molecule has 1 aliphatic carbocycles. The third-order valence-corrected chi connectivity index (χ3v) is 6.07. The summed E-state index contributed by atoms with van der Waals surface area (Å²) in [5.41, 5.74) is 3.30. The van der Waals surface area contributed by atoms with E-state index in [1.807, 2.05) is 30.3 Å². The van der Waals surface area contributed by atoms with Gasteiger partial charge in [-0.3, -0.25) is 14.5 Å². The van der Waals surface area contributed by atoms with Crippen molar-refractivity contribution in [2.24, 2.45) is 0 Å². The largest absolute Gasteiger partial charge is 0.456 e. The summed E-state index contributed by atoms with van der Waals surface area (Å²) in [4.78, 5) is 27.6. The zero-order valence-corrected chi connectivity index (χ0v) is 17.4. The molecule has 3 aromatic rings. The summed E-state index contributed by atoms with van der Waals surface area (Å²) in [5.74, 6) is 0.774. The lowest BCUT2D eigenvalue weighted by molar-refractivity contribution is -0.135. The van der Waals surface area contributed by atoms with Crippen LogP contribution in [0.4, 0.5) is 0 Å². The van der Waals surface area contributed by atoms with Gasteiger partial charge in [-0.15, -0.1) is 0 Å². The van der Waals surface area contributed by atoms with Gasteiger partial charge in [0.2, 0.25) is 0 Å². The van der Waals surface area contributed by atoms with Crippen LogP contribution in [0.5, 0.6) is 5.75 Å². The maximum atomic E-state index is 13.1. The van der Waals surface area contributed by atoms with Crippen LogP contribution in [0.25, 0.3) is 22.6 Å². The molecule has 0 N–H and O–H groups in total. The van der Waals surface area contributed by atoms with E-state index in [1.165, 1.54) is 6.42 Å². The van der Waals surface area contributed by atoms with Crippen LogP contribution in [0.2, 0.25) is 0 Å². The van der Waals surface area contributed by atoms with Gasteiger partial charge in [0.1, 0.15) is 17.1 Å². The molecule has 158 valence electrons. The molecule has 0 unspecified atom stereocenters. The number of carbonyl (C=O) groups excluding carboxylic acids is 1. The number of esters is 1. The van der Waals surface area contributed by atoms with Gasteiger partial charge in [0, 0.05) is 5.56 Å². The number of nitrogens with zero attached hydrogens (tertiary/aromatic N) is 1. The highest BCUT2D eigenvalue weighted by atomic mass is 16.5. The fourth-order valence-corrected chi connectivity index (χ4v) is 4.49. The van der Waals surface area contributed by atoms with Gasteiger partial charge in [0.25, 0.3) is 0 Å². The molecule has 31 heavy (non-hydrogen) atoms. The first-order chi connectivity index (χ1) is 15.2. The molecule has 0 amide bonds. The number of piperidine rings is 1. The van der Waals surface area contributed by atoms with Crippen molar-refractivity contribution in [1.29, 1.82) is 0 Å². The van der Waals surface area contributed by atoms with Gasteiger partial charge in [-0.05, 0) is 74.2 Å². The van der Waals surface area contributed by atoms with E-state index < -0.39 is 0 Å². The topological polar surface area (TPSA) is 59.8 Å².